The zero-order chi connectivity index (χ0) is 17.5. The van der Waals surface area contributed by atoms with Gasteiger partial charge >= 0.3 is 0 Å². The van der Waals surface area contributed by atoms with E-state index in [1.807, 2.05) is 24.3 Å². The lowest BCUT2D eigenvalue weighted by atomic mass is 9.98. The predicted molar refractivity (Wildman–Crippen MR) is 99.7 cm³/mol. The van der Waals surface area contributed by atoms with E-state index in [4.69, 9.17) is 4.74 Å². The van der Waals surface area contributed by atoms with Gasteiger partial charge in [0.25, 0.3) is 0 Å². The molecule has 0 heterocycles. The second kappa shape index (κ2) is 8.38. The number of rotatable bonds is 5. The summed E-state index contributed by atoms with van der Waals surface area (Å²) in [7, 11) is 0. The van der Waals surface area contributed by atoms with Crippen LogP contribution in [-0.4, -0.2) is 17.1 Å². The maximum Gasteiger partial charge on any atom is 0.248 e. The van der Waals surface area contributed by atoms with Crippen molar-refractivity contribution in [1.82, 2.24) is 0 Å². The monoisotopic (exact) mass is 337 g/mol. The van der Waals surface area contributed by atoms with Gasteiger partial charge < -0.3 is 15.2 Å². The van der Waals surface area contributed by atoms with Crippen molar-refractivity contribution in [1.29, 1.82) is 0 Å². The van der Waals surface area contributed by atoms with E-state index < -0.39 is 0 Å². The number of nitrogens with one attached hydrogen (secondary N) is 1. The molecule has 1 aliphatic rings. The molecule has 0 spiro atoms. The Morgan fingerprint density at radius 2 is 1.68 bits per heavy atom. The molecule has 1 aliphatic carbocycles. The number of carbonyl (C=O) groups excluding carboxylic acids is 1. The molecule has 0 atom stereocenters. The Balaban J connectivity index is 1.51. The van der Waals surface area contributed by atoms with Gasteiger partial charge in [-0.1, -0.05) is 18.6 Å². The Kier molecular flexibility index (Phi) is 5.73. The summed E-state index contributed by atoms with van der Waals surface area (Å²) in [5.41, 5.74) is 1.58. The number of aromatic hydroxyl groups is 1. The van der Waals surface area contributed by atoms with Crippen LogP contribution in [0.4, 0.5) is 5.69 Å². The molecule has 0 aromatic heterocycles. The fourth-order valence-electron chi connectivity index (χ4n) is 2.93. The van der Waals surface area contributed by atoms with E-state index in [9.17, 15) is 9.90 Å². The minimum atomic E-state index is -0.200. The average molecular weight is 337 g/mol. The van der Waals surface area contributed by atoms with Crippen LogP contribution < -0.4 is 10.1 Å². The molecule has 2 N–H and O–H groups in total. The van der Waals surface area contributed by atoms with Gasteiger partial charge in [-0.2, -0.15) is 0 Å². The fraction of sp³-hybridized carbons (Fsp3) is 0.286. The highest BCUT2D eigenvalue weighted by Gasteiger charge is 2.14. The average Bonchev–Trinajstić information content (AvgIpc) is 2.64. The van der Waals surface area contributed by atoms with Crippen LogP contribution in [0.3, 0.4) is 0 Å². The maximum atomic E-state index is 12.0. The molecule has 0 aliphatic heterocycles. The third-order valence-electron chi connectivity index (χ3n) is 4.30. The fourth-order valence-corrected chi connectivity index (χ4v) is 2.93. The van der Waals surface area contributed by atoms with Crippen LogP contribution in [0.15, 0.2) is 54.6 Å². The third-order valence-corrected chi connectivity index (χ3v) is 4.30. The molecule has 1 saturated carbocycles. The van der Waals surface area contributed by atoms with E-state index in [-0.39, 0.29) is 11.7 Å². The molecular formula is C21H23NO3. The molecule has 4 heteroatoms. The first kappa shape index (κ1) is 17.1. The zero-order valence-electron chi connectivity index (χ0n) is 14.2. The highest BCUT2D eigenvalue weighted by molar-refractivity contribution is 6.01. The van der Waals surface area contributed by atoms with Gasteiger partial charge in [0, 0.05) is 11.8 Å². The van der Waals surface area contributed by atoms with Crippen LogP contribution in [0, 0.1) is 0 Å². The van der Waals surface area contributed by atoms with E-state index in [2.05, 4.69) is 5.32 Å². The number of carbonyl (C=O) groups is 1. The largest absolute Gasteiger partial charge is 0.508 e. The van der Waals surface area contributed by atoms with E-state index >= 15 is 0 Å². The summed E-state index contributed by atoms with van der Waals surface area (Å²) in [6.45, 7) is 0. The van der Waals surface area contributed by atoms with Crippen LogP contribution in [0.25, 0.3) is 6.08 Å². The summed E-state index contributed by atoms with van der Waals surface area (Å²) >= 11 is 0. The van der Waals surface area contributed by atoms with Gasteiger partial charge in [0.15, 0.2) is 0 Å². The molecule has 1 amide bonds. The molecule has 0 radical (unpaired) electrons. The number of hydrogen-bond acceptors (Lipinski definition) is 3. The Hall–Kier alpha value is -2.75. The van der Waals surface area contributed by atoms with Gasteiger partial charge in [-0.3, -0.25) is 4.79 Å². The molecule has 0 bridgehead atoms. The SMILES string of the molecule is O=C(C=Cc1ccc(O)cc1)Nc1ccc(OC2CCCCC2)cc1. The molecule has 1 fully saturated rings. The van der Waals surface area contributed by atoms with Crippen LogP contribution in [-0.2, 0) is 4.79 Å². The van der Waals surface area contributed by atoms with Crippen molar-refractivity contribution in [2.24, 2.45) is 0 Å². The van der Waals surface area contributed by atoms with Gasteiger partial charge in [-0.05, 0) is 73.7 Å². The first-order chi connectivity index (χ1) is 12.2. The van der Waals surface area contributed by atoms with Crippen LogP contribution >= 0.6 is 0 Å². The number of benzene rings is 2. The van der Waals surface area contributed by atoms with E-state index in [1.54, 1.807) is 30.3 Å². The van der Waals surface area contributed by atoms with Gasteiger partial charge in [-0.25, -0.2) is 0 Å². The lowest BCUT2D eigenvalue weighted by molar-refractivity contribution is -0.111. The topological polar surface area (TPSA) is 58.6 Å². The Morgan fingerprint density at radius 1 is 1.00 bits per heavy atom. The number of phenolic OH excluding ortho intramolecular Hbond substituents is 1. The van der Waals surface area contributed by atoms with E-state index in [1.165, 1.54) is 25.3 Å². The Morgan fingerprint density at radius 3 is 2.36 bits per heavy atom. The summed E-state index contributed by atoms with van der Waals surface area (Å²) in [6.07, 6.45) is 9.54. The predicted octanol–water partition coefficient (Wildman–Crippen LogP) is 4.76. The summed E-state index contributed by atoms with van der Waals surface area (Å²) < 4.78 is 5.98. The highest BCUT2D eigenvalue weighted by atomic mass is 16.5. The molecule has 0 saturated heterocycles. The van der Waals surface area contributed by atoms with Crippen molar-refractivity contribution in [3.63, 3.8) is 0 Å². The minimum Gasteiger partial charge on any atom is -0.508 e. The number of amides is 1. The minimum absolute atomic E-state index is 0.200. The van der Waals surface area contributed by atoms with Crippen LogP contribution in [0.2, 0.25) is 0 Å². The van der Waals surface area contributed by atoms with Crippen molar-refractivity contribution in [2.45, 2.75) is 38.2 Å². The highest BCUT2D eigenvalue weighted by Crippen LogP contribution is 2.24. The van der Waals surface area contributed by atoms with Crippen molar-refractivity contribution in [3.05, 3.63) is 60.2 Å². The molecule has 2 aromatic carbocycles. The van der Waals surface area contributed by atoms with Crippen LogP contribution in [0.5, 0.6) is 11.5 Å². The second-order valence-electron chi connectivity index (χ2n) is 6.32. The number of anilines is 1. The molecule has 4 nitrogen and oxygen atoms in total. The molecule has 130 valence electrons. The first-order valence-corrected chi connectivity index (χ1v) is 8.74. The molecular weight excluding hydrogens is 314 g/mol. The van der Waals surface area contributed by atoms with Crippen molar-refractivity contribution < 1.29 is 14.6 Å². The molecule has 3 rings (SSSR count). The van der Waals surface area contributed by atoms with Crippen molar-refractivity contribution in [2.75, 3.05) is 5.32 Å². The smallest absolute Gasteiger partial charge is 0.248 e. The van der Waals surface area contributed by atoms with Gasteiger partial charge in [0.1, 0.15) is 11.5 Å². The van der Waals surface area contributed by atoms with Crippen LogP contribution in [0.1, 0.15) is 37.7 Å². The lowest BCUT2D eigenvalue weighted by Crippen LogP contribution is -2.19. The number of ether oxygens (including phenoxy) is 1. The second-order valence-corrected chi connectivity index (χ2v) is 6.32. The summed E-state index contributed by atoms with van der Waals surface area (Å²) in [5.74, 6) is 0.857. The van der Waals surface area contributed by atoms with Gasteiger partial charge in [0.05, 0.1) is 6.10 Å². The normalized spacial score (nSPS) is 15.2. The summed E-state index contributed by atoms with van der Waals surface area (Å²) in [6, 6.07) is 14.2. The molecule has 25 heavy (non-hydrogen) atoms. The van der Waals surface area contributed by atoms with Crippen molar-refractivity contribution in [3.8, 4) is 11.5 Å². The standard InChI is InChI=1S/C21H23NO3/c23-18-11-6-16(7-12-18)8-15-21(24)22-17-9-13-20(14-10-17)25-19-4-2-1-3-5-19/h6-15,19,23H,1-5H2,(H,22,24). The van der Waals surface area contributed by atoms with Gasteiger partial charge in [0.2, 0.25) is 5.91 Å². The van der Waals surface area contributed by atoms with Gasteiger partial charge in [-0.15, -0.1) is 0 Å². The maximum absolute atomic E-state index is 12.0. The lowest BCUT2D eigenvalue weighted by Gasteiger charge is -2.23. The molecule has 2 aromatic rings. The third kappa shape index (κ3) is 5.38. The summed E-state index contributed by atoms with van der Waals surface area (Å²) in [5, 5.41) is 12.1. The Bertz CT molecular complexity index is 714. The summed E-state index contributed by atoms with van der Waals surface area (Å²) in [4.78, 5) is 12.0. The van der Waals surface area contributed by atoms with Crippen molar-refractivity contribution >= 4 is 17.7 Å². The number of hydrogen-bond donors (Lipinski definition) is 2. The van der Waals surface area contributed by atoms with E-state index in [0.717, 1.165) is 29.8 Å². The number of phenols is 1. The van der Waals surface area contributed by atoms with E-state index in [0.29, 0.717) is 6.10 Å². The zero-order valence-corrected chi connectivity index (χ0v) is 14.2. The molecule has 0 unspecified atom stereocenters. The Labute approximate surface area is 148 Å². The quantitative estimate of drug-likeness (QED) is 0.774. The first-order valence-electron chi connectivity index (χ1n) is 8.74.